The van der Waals surface area contributed by atoms with E-state index in [-0.39, 0.29) is 12.5 Å². The first-order chi connectivity index (χ1) is 9.43. The summed E-state index contributed by atoms with van der Waals surface area (Å²) in [5.41, 5.74) is -0.578. The number of carbonyl (C=O) groups excluding carboxylic acids is 2. The normalized spacial score (nSPS) is 21.9. The Morgan fingerprint density at radius 2 is 1.81 bits per heavy atom. The number of nitrogens with zero attached hydrogens (tertiary/aromatic N) is 1. The Labute approximate surface area is 122 Å². The van der Waals surface area contributed by atoms with Crippen molar-refractivity contribution < 1.29 is 27.5 Å². The van der Waals surface area contributed by atoms with E-state index in [1.165, 1.54) is 4.90 Å². The maximum Gasteiger partial charge on any atom is 0.425 e. The van der Waals surface area contributed by atoms with Crippen molar-refractivity contribution in [2.45, 2.75) is 52.8 Å². The smallest absolute Gasteiger partial charge is 0.425 e. The molecule has 1 amide bonds. The molecule has 7 heteroatoms. The summed E-state index contributed by atoms with van der Waals surface area (Å²) in [6.45, 7) is 6.75. The second-order valence-corrected chi connectivity index (χ2v) is 6.46. The lowest BCUT2D eigenvalue weighted by Crippen LogP contribution is -2.47. The number of rotatable bonds is 2. The third-order valence-electron chi connectivity index (χ3n) is 3.44. The maximum absolute atomic E-state index is 12.4. The number of esters is 1. The zero-order chi connectivity index (χ0) is 16.4. The van der Waals surface area contributed by atoms with Crippen LogP contribution >= 0.6 is 0 Å². The van der Waals surface area contributed by atoms with E-state index >= 15 is 0 Å². The summed E-state index contributed by atoms with van der Waals surface area (Å²) in [6.07, 6.45) is -5.66. The predicted octanol–water partition coefficient (Wildman–Crippen LogP) is 2.77. The summed E-state index contributed by atoms with van der Waals surface area (Å²) in [5.74, 6) is -1.68. The molecule has 1 aliphatic heterocycles. The van der Waals surface area contributed by atoms with Crippen LogP contribution in [0.2, 0.25) is 0 Å². The number of amides is 1. The van der Waals surface area contributed by atoms with E-state index in [4.69, 9.17) is 0 Å². The molecular weight excluding hydrogens is 287 g/mol. The fraction of sp³-hybridized carbons (Fsp3) is 0.857. The number of alkyl halides is 3. The topological polar surface area (TPSA) is 46.6 Å². The minimum atomic E-state index is -4.56. The molecule has 1 saturated heterocycles. The van der Waals surface area contributed by atoms with Crippen molar-refractivity contribution >= 4 is 11.9 Å². The van der Waals surface area contributed by atoms with Gasteiger partial charge in [0.2, 0.25) is 5.91 Å². The van der Waals surface area contributed by atoms with Crippen molar-refractivity contribution in [1.29, 1.82) is 0 Å². The molecule has 0 aliphatic carbocycles. The van der Waals surface area contributed by atoms with Gasteiger partial charge in [0.1, 0.15) is 0 Å². The van der Waals surface area contributed by atoms with Crippen molar-refractivity contribution in [3.63, 3.8) is 0 Å². The van der Waals surface area contributed by atoms with Crippen LogP contribution in [0.4, 0.5) is 13.2 Å². The van der Waals surface area contributed by atoms with E-state index in [9.17, 15) is 22.8 Å². The molecule has 0 aromatic carbocycles. The number of piperidine rings is 1. The molecule has 0 aromatic heterocycles. The molecule has 1 rings (SSSR count). The molecule has 0 radical (unpaired) electrons. The number of likely N-dealkylation sites (tertiary alicyclic amines) is 1. The van der Waals surface area contributed by atoms with E-state index in [1.54, 1.807) is 20.8 Å². The predicted molar refractivity (Wildman–Crippen MR) is 70.4 cm³/mol. The molecule has 1 heterocycles. The van der Waals surface area contributed by atoms with Gasteiger partial charge in [0.15, 0.2) is 6.10 Å². The molecule has 0 aromatic rings. The number of ether oxygens (including phenoxy) is 1. The summed E-state index contributed by atoms with van der Waals surface area (Å²) in [7, 11) is 0. The van der Waals surface area contributed by atoms with Crippen molar-refractivity contribution in [1.82, 2.24) is 4.90 Å². The molecule has 0 saturated carbocycles. The zero-order valence-electron chi connectivity index (χ0n) is 12.8. The first-order valence-electron chi connectivity index (χ1n) is 6.99. The minimum absolute atomic E-state index is 0.108. The Bertz CT molecular complexity index is 401. The molecule has 0 bridgehead atoms. The average molecular weight is 309 g/mol. The van der Waals surface area contributed by atoms with Crippen LogP contribution < -0.4 is 0 Å². The van der Waals surface area contributed by atoms with Crippen LogP contribution in [0.5, 0.6) is 0 Å². The van der Waals surface area contributed by atoms with Crippen molar-refractivity contribution in [2.75, 3.05) is 13.1 Å². The lowest BCUT2D eigenvalue weighted by atomic mass is 9.91. The first-order valence-corrected chi connectivity index (χ1v) is 6.99. The lowest BCUT2D eigenvalue weighted by molar-refractivity contribution is -0.219. The van der Waals surface area contributed by atoms with Gasteiger partial charge in [-0.2, -0.15) is 13.2 Å². The molecule has 122 valence electrons. The van der Waals surface area contributed by atoms with E-state index < -0.39 is 29.6 Å². The Balaban J connectivity index is 2.64. The summed E-state index contributed by atoms with van der Waals surface area (Å²) < 4.78 is 41.7. The maximum atomic E-state index is 12.4. The molecule has 2 atom stereocenters. The van der Waals surface area contributed by atoms with Crippen LogP contribution in [0.1, 0.15) is 40.5 Å². The van der Waals surface area contributed by atoms with Gasteiger partial charge in [-0.25, -0.2) is 0 Å². The number of halogens is 3. The summed E-state index contributed by atoms with van der Waals surface area (Å²) >= 11 is 0. The van der Waals surface area contributed by atoms with Crippen LogP contribution in [0, 0.1) is 11.3 Å². The third kappa shape index (κ3) is 4.89. The van der Waals surface area contributed by atoms with Crippen LogP contribution in [0.25, 0.3) is 0 Å². The van der Waals surface area contributed by atoms with Crippen molar-refractivity contribution in [2.24, 2.45) is 11.3 Å². The molecule has 0 spiro atoms. The molecule has 21 heavy (non-hydrogen) atoms. The Kier molecular flexibility index (Phi) is 5.28. The van der Waals surface area contributed by atoms with Crippen LogP contribution in [-0.4, -0.2) is 42.1 Å². The lowest BCUT2D eigenvalue weighted by Gasteiger charge is -2.35. The second kappa shape index (κ2) is 6.23. The second-order valence-electron chi connectivity index (χ2n) is 6.46. The van der Waals surface area contributed by atoms with Crippen molar-refractivity contribution in [3.05, 3.63) is 0 Å². The summed E-state index contributed by atoms with van der Waals surface area (Å²) in [4.78, 5) is 25.5. The fourth-order valence-corrected chi connectivity index (χ4v) is 2.17. The first kappa shape index (κ1) is 17.8. The highest BCUT2D eigenvalue weighted by atomic mass is 19.4. The van der Waals surface area contributed by atoms with Gasteiger partial charge in [-0.15, -0.1) is 0 Å². The van der Waals surface area contributed by atoms with Crippen LogP contribution in [0.3, 0.4) is 0 Å². The van der Waals surface area contributed by atoms with Crippen molar-refractivity contribution in [3.8, 4) is 0 Å². The highest BCUT2D eigenvalue weighted by Crippen LogP contribution is 2.27. The van der Waals surface area contributed by atoms with Gasteiger partial charge in [0, 0.05) is 18.5 Å². The highest BCUT2D eigenvalue weighted by molar-refractivity contribution is 5.82. The Hall–Kier alpha value is -1.27. The molecule has 4 nitrogen and oxygen atoms in total. The number of carbonyl (C=O) groups is 2. The monoisotopic (exact) mass is 309 g/mol. The largest absolute Gasteiger partial charge is 0.453 e. The van der Waals surface area contributed by atoms with E-state index in [0.717, 1.165) is 6.92 Å². The fourth-order valence-electron chi connectivity index (χ4n) is 2.17. The molecule has 0 N–H and O–H groups in total. The third-order valence-corrected chi connectivity index (χ3v) is 3.44. The van der Waals surface area contributed by atoms with Crippen LogP contribution in [-0.2, 0) is 14.3 Å². The molecule has 1 fully saturated rings. The minimum Gasteiger partial charge on any atom is -0.453 e. The highest BCUT2D eigenvalue weighted by Gasteiger charge is 2.41. The van der Waals surface area contributed by atoms with Gasteiger partial charge in [-0.1, -0.05) is 20.8 Å². The van der Waals surface area contributed by atoms with Gasteiger partial charge in [-0.05, 0) is 19.8 Å². The standard InChI is InChI=1S/C14H22F3NO3/c1-9(14(15,16)17)21-11(19)10-6-5-7-18(8-10)12(20)13(2,3)4/h9-10H,5-8H2,1-4H3/t9-,10-/m1/s1. The van der Waals surface area contributed by atoms with E-state index in [1.807, 2.05) is 0 Å². The van der Waals surface area contributed by atoms with Gasteiger partial charge < -0.3 is 9.64 Å². The average Bonchev–Trinajstić information content (AvgIpc) is 2.35. The zero-order valence-corrected chi connectivity index (χ0v) is 12.8. The van der Waals surface area contributed by atoms with Crippen LogP contribution in [0.15, 0.2) is 0 Å². The molecular formula is C14H22F3NO3. The molecule has 1 aliphatic rings. The van der Waals surface area contributed by atoms with Gasteiger partial charge in [0.05, 0.1) is 5.92 Å². The Morgan fingerprint density at radius 3 is 2.29 bits per heavy atom. The molecule has 0 unspecified atom stereocenters. The Morgan fingerprint density at radius 1 is 1.24 bits per heavy atom. The van der Waals surface area contributed by atoms with Gasteiger partial charge in [-0.3, -0.25) is 9.59 Å². The van der Waals surface area contributed by atoms with Gasteiger partial charge in [0.25, 0.3) is 0 Å². The summed E-state index contributed by atoms with van der Waals surface area (Å²) in [6, 6.07) is 0. The van der Waals surface area contributed by atoms with E-state index in [0.29, 0.717) is 19.4 Å². The number of hydrogen-bond donors (Lipinski definition) is 0. The SMILES string of the molecule is C[C@@H](OC(=O)[C@@H]1CCCN(C(=O)C(C)(C)C)C1)C(F)(F)F. The number of hydrogen-bond acceptors (Lipinski definition) is 3. The quantitative estimate of drug-likeness (QED) is 0.737. The van der Waals surface area contributed by atoms with Gasteiger partial charge >= 0.3 is 12.1 Å². The summed E-state index contributed by atoms with van der Waals surface area (Å²) in [5, 5.41) is 0. The van der Waals surface area contributed by atoms with E-state index in [2.05, 4.69) is 4.74 Å².